The van der Waals surface area contributed by atoms with E-state index in [1.54, 1.807) is 6.33 Å². The number of fused-ring (bicyclic) bond motifs is 2. The molecule has 110 valence electrons. The van der Waals surface area contributed by atoms with Crippen LogP contribution >= 0.6 is 0 Å². The van der Waals surface area contributed by atoms with Gasteiger partial charge in [0.15, 0.2) is 5.82 Å². The molecule has 0 aliphatic heterocycles. The first kappa shape index (κ1) is 12.8. The Morgan fingerprint density at radius 2 is 2.09 bits per heavy atom. The van der Waals surface area contributed by atoms with E-state index in [-0.39, 0.29) is 0 Å². The number of rotatable bonds is 3. The summed E-state index contributed by atoms with van der Waals surface area (Å²) in [6, 6.07) is 8.27. The van der Waals surface area contributed by atoms with Crippen LogP contribution in [-0.2, 0) is 13.6 Å². The smallest absolute Gasteiger partial charge is 0.154 e. The number of imidazole rings is 1. The highest BCUT2D eigenvalue weighted by Gasteiger charge is 2.07. The van der Waals surface area contributed by atoms with Crippen molar-refractivity contribution < 1.29 is 0 Å². The van der Waals surface area contributed by atoms with Crippen molar-refractivity contribution >= 4 is 27.9 Å². The molecule has 0 bridgehead atoms. The molecule has 0 spiro atoms. The Balaban J connectivity index is 1.62. The Morgan fingerprint density at radius 1 is 1.18 bits per heavy atom. The van der Waals surface area contributed by atoms with Crippen LogP contribution in [0.15, 0.2) is 36.8 Å². The molecule has 22 heavy (non-hydrogen) atoms. The number of nitrogens with one attached hydrogen (secondary N) is 2. The van der Waals surface area contributed by atoms with E-state index in [9.17, 15) is 0 Å². The van der Waals surface area contributed by atoms with E-state index in [4.69, 9.17) is 0 Å². The second-order valence-electron chi connectivity index (χ2n) is 5.35. The number of aromatic nitrogens is 5. The van der Waals surface area contributed by atoms with Crippen molar-refractivity contribution in [3.05, 3.63) is 48.2 Å². The lowest BCUT2D eigenvalue weighted by molar-refractivity contribution is 0.886. The number of anilines is 1. The van der Waals surface area contributed by atoms with Crippen LogP contribution in [0.1, 0.15) is 11.4 Å². The van der Waals surface area contributed by atoms with Crippen molar-refractivity contribution in [1.29, 1.82) is 0 Å². The van der Waals surface area contributed by atoms with Crippen LogP contribution < -0.4 is 5.32 Å². The fourth-order valence-electron chi connectivity index (χ4n) is 2.67. The molecule has 0 radical (unpaired) electrons. The zero-order valence-corrected chi connectivity index (χ0v) is 12.5. The van der Waals surface area contributed by atoms with Crippen LogP contribution in [0.4, 0.5) is 5.82 Å². The van der Waals surface area contributed by atoms with Crippen molar-refractivity contribution in [2.75, 3.05) is 5.32 Å². The Hall–Kier alpha value is -2.89. The molecule has 0 aliphatic carbocycles. The lowest BCUT2D eigenvalue weighted by atomic mass is 10.2. The molecule has 0 fully saturated rings. The van der Waals surface area contributed by atoms with Crippen molar-refractivity contribution in [3.63, 3.8) is 0 Å². The highest BCUT2D eigenvalue weighted by molar-refractivity contribution is 5.85. The van der Waals surface area contributed by atoms with Gasteiger partial charge in [-0.15, -0.1) is 0 Å². The van der Waals surface area contributed by atoms with Gasteiger partial charge in [0.1, 0.15) is 17.7 Å². The van der Waals surface area contributed by atoms with Crippen LogP contribution in [-0.4, -0.2) is 24.5 Å². The van der Waals surface area contributed by atoms with Crippen molar-refractivity contribution in [2.45, 2.75) is 13.5 Å². The van der Waals surface area contributed by atoms with Gasteiger partial charge in [-0.2, -0.15) is 0 Å². The molecule has 1 aromatic carbocycles. The van der Waals surface area contributed by atoms with E-state index in [2.05, 4.69) is 48.0 Å². The van der Waals surface area contributed by atoms with Crippen LogP contribution in [0.2, 0.25) is 0 Å². The van der Waals surface area contributed by atoms with E-state index in [0.717, 1.165) is 33.7 Å². The summed E-state index contributed by atoms with van der Waals surface area (Å²) in [6.07, 6.45) is 3.44. The Morgan fingerprint density at radius 3 is 3.00 bits per heavy atom. The van der Waals surface area contributed by atoms with Crippen molar-refractivity contribution in [1.82, 2.24) is 24.5 Å². The number of aryl methyl sites for hydroxylation is 2. The Kier molecular flexibility index (Phi) is 2.82. The summed E-state index contributed by atoms with van der Waals surface area (Å²) in [4.78, 5) is 16.3. The van der Waals surface area contributed by atoms with Gasteiger partial charge < -0.3 is 14.9 Å². The average molecular weight is 292 g/mol. The molecular formula is C16H16N6. The third-order valence-corrected chi connectivity index (χ3v) is 3.97. The van der Waals surface area contributed by atoms with E-state index in [1.807, 2.05) is 26.2 Å². The van der Waals surface area contributed by atoms with Gasteiger partial charge in [-0.05, 0) is 30.7 Å². The number of hydrogen-bond acceptors (Lipinski definition) is 4. The molecule has 3 heterocycles. The summed E-state index contributed by atoms with van der Waals surface area (Å²) in [5.41, 5.74) is 5.18. The summed E-state index contributed by atoms with van der Waals surface area (Å²) in [5.74, 6) is 1.83. The third-order valence-electron chi connectivity index (χ3n) is 3.97. The molecule has 0 atom stereocenters. The van der Waals surface area contributed by atoms with Crippen LogP contribution in [0.3, 0.4) is 0 Å². The second-order valence-corrected chi connectivity index (χ2v) is 5.35. The van der Waals surface area contributed by atoms with E-state index in [1.165, 1.54) is 5.56 Å². The van der Waals surface area contributed by atoms with E-state index < -0.39 is 0 Å². The molecular weight excluding hydrogens is 276 g/mol. The summed E-state index contributed by atoms with van der Waals surface area (Å²) >= 11 is 0. The maximum absolute atomic E-state index is 4.57. The first-order valence-corrected chi connectivity index (χ1v) is 7.16. The maximum atomic E-state index is 4.57. The fraction of sp³-hybridized carbons (Fsp3) is 0.188. The van der Waals surface area contributed by atoms with Gasteiger partial charge in [-0.3, -0.25) is 0 Å². The minimum atomic E-state index is 0.691. The normalized spacial score (nSPS) is 11.4. The van der Waals surface area contributed by atoms with Gasteiger partial charge in [-0.25, -0.2) is 15.0 Å². The predicted octanol–water partition coefficient (Wildman–Crippen LogP) is 2.77. The molecule has 0 unspecified atom stereocenters. The quantitative estimate of drug-likeness (QED) is 0.609. The van der Waals surface area contributed by atoms with Crippen LogP contribution in [0.5, 0.6) is 0 Å². The molecule has 0 aliphatic rings. The lowest BCUT2D eigenvalue weighted by Gasteiger charge is -2.06. The van der Waals surface area contributed by atoms with Crippen LogP contribution in [0.25, 0.3) is 22.1 Å². The molecule has 4 rings (SSSR count). The zero-order chi connectivity index (χ0) is 15.1. The van der Waals surface area contributed by atoms with E-state index in [0.29, 0.717) is 6.54 Å². The largest absolute Gasteiger partial charge is 0.364 e. The fourth-order valence-corrected chi connectivity index (χ4v) is 2.67. The summed E-state index contributed by atoms with van der Waals surface area (Å²) in [6.45, 7) is 2.71. The molecule has 0 saturated carbocycles. The molecule has 4 aromatic rings. The SMILES string of the molecule is Cc1nc2cc(CNc3ncnc4cc[nH]c34)ccc2n1C. The molecule has 6 heteroatoms. The molecule has 0 saturated heterocycles. The minimum Gasteiger partial charge on any atom is -0.364 e. The van der Waals surface area contributed by atoms with Crippen LogP contribution in [0, 0.1) is 6.92 Å². The number of hydrogen-bond donors (Lipinski definition) is 2. The first-order chi connectivity index (χ1) is 10.7. The molecule has 6 nitrogen and oxygen atoms in total. The molecule has 0 amide bonds. The van der Waals surface area contributed by atoms with Crippen molar-refractivity contribution in [2.24, 2.45) is 7.05 Å². The summed E-state index contributed by atoms with van der Waals surface area (Å²) < 4.78 is 2.10. The topological polar surface area (TPSA) is 71.4 Å². The van der Waals surface area contributed by atoms with Gasteiger partial charge in [-0.1, -0.05) is 6.07 Å². The second kappa shape index (κ2) is 4.84. The summed E-state index contributed by atoms with van der Waals surface area (Å²) in [7, 11) is 2.03. The van der Waals surface area contributed by atoms with Crippen molar-refractivity contribution in [3.8, 4) is 0 Å². The molecule has 3 aromatic heterocycles. The van der Waals surface area contributed by atoms with Gasteiger partial charge in [0.2, 0.25) is 0 Å². The van der Waals surface area contributed by atoms with Gasteiger partial charge in [0, 0.05) is 19.8 Å². The molecule has 2 N–H and O–H groups in total. The standard InChI is InChI=1S/C16H16N6/c1-10-21-13-7-11(3-4-14(13)22(10)2)8-18-16-15-12(5-6-17-15)19-9-20-16/h3-7,9,17H,8H2,1-2H3,(H,18,19,20). The number of H-pyrrole nitrogens is 1. The highest BCUT2D eigenvalue weighted by atomic mass is 15.1. The van der Waals surface area contributed by atoms with Gasteiger partial charge in [0.25, 0.3) is 0 Å². The third kappa shape index (κ3) is 2.00. The predicted molar refractivity (Wildman–Crippen MR) is 86.7 cm³/mol. The monoisotopic (exact) mass is 292 g/mol. The lowest BCUT2D eigenvalue weighted by Crippen LogP contribution is -2.02. The first-order valence-electron chi connectivity index (χ1n) is 7.16. The number of benzene rings is 1. The van der Waals surface area contributed by atoms with Gasteiger partial charge in [0.05, 0.1) is 16.6 Å². The minimum absolute atomic E-state index is 0.691. The Bertz CT molecular complexity index is 965. The van der Waals surface area contributed by atoms with Gasteiger partial charge >= 0.3 is 0 Å². The maximum Gasteiger partial charge on any atom is 0.154 e. The number of aromatic amines is 1. The van der Waals surface area contributed by atoms with E-state index >= 15 is 0 Å². The average Bonchev–Trinajstić information content (AvgIpc) is 3.11. The summed E-state index contributed by atoms with van der Waals surface area (Å²) in [5, 5.41) is 3.36. The zero-order valence-electron chi connectivity index (χ0n) is 12.5. The highest BCUT2D eigenvalue weighted by Crippen LogP contribution is 2.19. The number of nitrogens with zero attached hydrogens (tertiary/aromatic N) is 4. The Labute approximate surface area is 127 Å².